The van der Waals surface area contributed by atoms with Gasteiger partial charge in [0.25, 0.3) is 5.91 Å². The molecule has 3 aromatic heterocycles. The SMILES string of the molecule is Cc1cc2cc(O[C@@H]3C[C@@H]4CN(C(=O)c5cccc6nnnn56)C[C@@H]4C[C@H]3O)ccc2n1C. The zero-order chi connectivity index (χ0) is 22.7. The van der Waals surface area contributed by atoms with E-state index < -0.39 is 6.10 Å². The summed E-state index contributed by atoms with van der Waals surface area (Å²) >= 11 is 0. The number of aromatic nitrogens is 5. The second-order valence-corrected chi connectivity index (χ2v) is 9.35. The third kappa shape index (κ3) is 3.34. The molecule has 9 nitrogen and oxygen atoms in total. The van der Waals surface area contributed by atoms with Crippen molar-refractivity contribution in [3.05, 3.63) is 53.9 Å². The van der Waals surface area contributed by atoms with E-state index in [0.717, 1.165) is 23.1 Å². The van der Waals surface area contributed by atoms with Crippen LogP contribution in [-0.2, 0) is 7.05 Å². The largest absolute Gasteiger partial charge is 0.488 e. The lowest BCUT2D eigenvalue weighted by molar-refractivity contribution is -0.0230. The summed E-state index contributed by atoms with van der Waals surface area (Å²) in [6.07, 6.45) is 0.501. The minimum atomic E-state index is -0.558. The van der Waals surface area contributed by atoms with Crippen molar-refractivity contribution in [2.75, 3.05) is 13.1 Å². The molecular formula is C24H26N6O3. The summed E-state index contributed by atoms with van der Waals surface area (Å²) in [4.78, 5) is 15.1. The van der Waals surface area contributed by atoms with Crippen molar-refractivity contribution >= 4 is 22.5 Å². The number of fused-ring (bicyclic) bond motifs is 3. The Kier molecular flexibility index (Phi) is 4.62. The standard InChI is InChI=1S/C24H26N6O3/c1-14-8-15-9-18(6-7-19(15)28(14)2)33-22-11-17-13-29(12-16(17)10-21(22)31)24(32)20-4-3-5-23-25-26-27-30(20)23/h3-9,16-17,21-22,31H,10-13H2,1-2H3/t16-,17+,21+,22+/m0/s1. The molecule has 1 saturated carbocycles. The number of hydrogen-bond donors (Lipinski definition) is 1. The molecule has 33 heavy (non-hydrogen) atoms. The van der Waals surface area contributed by atoms with E-state index in [1.54, 1.807) is 18.2 Å². The van der Waals surface area contributed by atoms with E-state index in [9.17, 15) is 9.90 Å². The minimum absolute atomic E-state index is 0.0841. The second kappa shape index (κ2) is 7.55. The van der Waals surface area contributed by atoms with Crippen LogP contribution in [0.2, 0.25) is 0 Å². The van der Waals surface area contributed by atoms with E-state index >= 15 is 0 Å². The van der Waals surface area contributed by atoms with E-state index in [1.807, 2.05) is 17.0 Å². The van der Waals surface area contributed by atoms with Crippen LogP contribution in [0, 0.1) is 18.8 Å². The van der Waals surface area contributed by atoms with Crippen LogP contribution in [0.1, 0.15) is 29.0 Å². The van der Waals surface area contributed by atoms with Crippen molar-refractivity contribution in [2.45, 2.75) is 32.0 Å². The Hall–Kier alpha value is -3.46. The molecule has 4 aromatic rings. The second-order valence-electron chi connectivity index (χ2n) is 9.35. The van der Waals surface area contributed by atoms with Gasteiger partial charge in [0.05, 0.1) is 6.10 Å². The van der Waals surface area contributed by atoms with Gasteiger partial charge in [-0.15, -0.1) is 5.10 Å². The number of aliphatic hydroxyl groups is 1. The van der Waals surface area contributed by atoms with Crippen molar-refractivity contribution in [1.82, 2.24) is 29.5 Å². The van der Waals surface area contributed by atoms with Crippen LogP contribution in [0.4, 0.5) is 0 Å². The molecule has 0 unspecified atom stereocenters. The van der Waals surface area contributed by atoms with E-state index in [2.05, 4.69) is 46.2 Å². The Bertz CT molecular complexity index is 1360. The highest BCUT2D eigenvalue weighted by atomic mass is 16.5. The number of likely N-dealkylation sites (tertiary alicyclic amines) is 1. The molecule has 1 aliphatic carbocycles. The summed E-state index contributed by atoms with van der Waals surface area (Å²) in [5.41, 5.74) is 3.35. The van der Waals surface area contributed by atoms with Gasteiger partial charge in [-0.3, -0.25) is 4.79 Å². The number of nitrogens with zero attached hydrogens (tertiary/aromatic N) is 6. The third-order valence-corrected chi connectivity index (χ3v) is 7.35. The number of amides is 1. The van der Waals surface area contributed by atoms with Crippen LogP contribution in [0.25, 0.3) is 16.6 Å². The minimum Gasteiger partial charge on any atom is -0.488 e. The lowest BCUT2D eigenvalue weighted by atomic mass is 9.78. The summed E-state index contributed by atoms with van der Waals surface area (Å²) in [7, 11) is 2.05. The van der Waals surface area contributed by atoms with E-state index in [-0.39, 0.29) is 23.8 Å². The number of ether oxygens (including phenoxy) is 1. The number of tetrazole rings is 1. The van der Waals surface area contributed by atoms with Gasteiger partial charge < -0.3 is 19.3 Å². The predicted octanol–water partition coefficient (Wildman–Crippen LogP) is 2.21. The molecule has 9 heteroatoms. The van der Waals surface area contributed by atoms with Gasteiger partial charge in [0.2, 0.25) is 0 Å². The summed E-state index contributed by atoms with van der Waals surface area (Å²) in [5.74, 6) is 1.24. The normalized spacial score (nSPS) is 25.0. The summed E-state index contributed by atoms with van der Waals surface area (Å²) in [6, 6.07) is 13.5. The highest BCUT2D eigenvalue weighted by Crippen LogP contribution is 2.39. The number of hydrogen-bond acceptors (Lipinski definition) is 6. The maximum absolute atomic E-state index is 13.2. The monoisotopic (exact) mass is 446 g/mol. The number of rotatable bonds is 3. The zero-order valence-corrected chi connectivity index (χ0v) is 18.6. The molecule has 1 amide bonds. The molecule has 1 saturated heterocycles. The number of aryl methyl sites for hydroxylation is 2. The van der Waals surface area contributed by atoms with Gasteiger partial charge in [0.15, 0.2) is 5.65 Å². The first-order chi connectivity index (χ1) is 16.0. The Morgan fingerprint density at radius 2 is 1.94 bits per heavy atom. The number of benzene rings is 1. The maximum atomic E-state index is 13.2. The van der Waals surface area contributed by atoms with Gasteiger partial charge in [0.1, 0.15) is 17.5 Å². The van der Waals surface area contributed by atoms with Crippen LogP contribution in [-0.4, -0.2) is 65.8 Å². The van der Waals surface area contributed by atoms with Crippen molar-refractivity contribution < 1.29 is 14.6 Å². The Morgan fingerprint density at radius 3 is 2.79 bits per heavy atom. The molecule has 0 spiro atoms. The fraction of sp³-hybridized carbons (Fsp3) is 0.417. The molecule has 2 aliphatic rings. The number of pyridine rings is 1. The fourth-order valence-electron chi connectivity index (χ4n) is 5.49. The van der Waals surface area contributed by atoms with Crippen LogP contribution in [0.5, 0.6) is 5.75 Å². The molecule has 1 aliphatic heterocycles. The van der Waals surface area contributed by atoms with Crippen LogP contribution in [0.15, 0.2) is 42.5 Å². The van der Waals surface area contributed by atoms with Gasteiger partial charge in [-0.1, -0.05) is 6.07 Å². The average Bonchev–Trinajstić information content (AvgIpc) is 3.51. The van der Waals surface area contributed by atoms with Crippen molar-refractivity contribution in [2.24, 2.45) is 18.9 Å². The molecule has 0 radical (unpaired) electrons. The van der Waals surface area contributed by atoms with Gasteiger partial charge in [-0.2, -0.15) is 4.52 Å². The molecule has 4 atom stereocenters. The smallest absolute Gasteiger partial charge is 0.272 e. The number of carbonyl (C=O) groups is 1. The lowest BCUT2D eigenvalue weighted by Crippen LogP contribution is -2.42. The Labute approximate surface area is 190 Å². The quantitative estimate of drug-likeness (QED) is 0.518. The molecule has 0 bridgehead atoms. The number of aliphatic hydroxyl groups excluding tert-OH is 1. The highest BCUT2D eigenvalue weighted by molar-refractivity contribution is 5.93. The van der Waals surface area contributed by atoms with E-state index in [4.69, 9.17) is 4.74 Å². The van der Waals surface area contributed by atoms with Crippen LogP contribution in [0.3, 0.4) is 0 Å². The van der Waals surface area contributed by atoms with Crippen molar-refractivity contribution in [3.8, 4) is 5.75 Å². The van der Waals surface area contributed by atoms with Gasteiger partial charge in [-0.25, -0.2) is 0 Å². The fourth-order valence-corrected chi connectivity index (χ4v) is 5.49. The first kappa shape index (κ1) is 20.2. The summed E-state index contributed by atoms with van der Waals surface area (Å²) in [5, 5.41) is 23.5. The molecule has 1 aromatic carbocycles. The van der Waals surface area contributed by atoms with Crippen LogP contribution >= 0.6 is 0 Å². The van der Waals surface area contributed by atoms with Gasteiger partial charge >= 0.3 is 0 Å². The Morgan fingerprint density at radius 1 is 1.12 bits per heavy atom. The first-order valence-electron chi connectivity index (χ1n) is 11.3. The molecule has 170 valence electrons. The van der Waals surface area contributed by atoms with Crippen LogP contribution < -0.4 is 4.74 Å². The van der Waals surface area contributed by atoms with Crippen molar-refractivity contribution in [3.63, 3.8) is 0 Å². The summed E-state index contributed by atoms with van der Waals surface area (Å²) in [6.45, 7) is 3.35. The lowest BCUT2D eigenvalue weighted by Gasteiger charge is -2.35. The molecule has 6 rings (SSSR count). The van der Waals surface area contributed by atoms with E-state index in [0.29, 0.717) is 30.9 Å². The molecular weight excluding hydrogens is 420 g/mol. The summed E-state index contributed by atoms with van der Waals surface area (Å²) < 4.78 is 9.90. The van der Waals surface area contributed by atoms with Gasteiger partial charge in [0, 0.05) is 36.7 Å². The molecule has 2 fully saturated rings. The Balaban J connectivity index is 1.18. The molecule has 1 N–H and O–H groups in total. The maximum Gasteiger partial charge on any atom is 0.272 e. The first-order valence-corrected chi connectivity index (χ1v) is 11.3. The predicted molar refractivity (Wildman–Crippen MR) is 121 cm³/mol. The topological polar surface area (TPSA) is 97.8 Å². The zero-order valence-electron chi connectivity index (χ0n) is 18.6. The van der Waals surface area contributed by atoms with Crippen molar-refractivity contribution in [1.29, 1.82) is 0 Å². The number of carbonyl (C=O) groups excluding carboxylic acids is 1. The van der Waals surface area contributed by atoms with E-state index in [1.165, 1.54) is 10.2 Å². The average molecular weight is 447 g/mol. The highest BCUT2D eigenvalue weighted by Gasteiger charge is 2.44. The third-order valence-electron chi connectivity index (χ3n) is 7.35. The van der Waals surface area contributed by atoms with Gasteiger partial charge in [-0.05, 0) is 78.4 Å². The molecule has 4 heterocycles.